The average Bonchev–Trinajstić information content (AvgIpc) is 2.68. The first kappa shape index (κ1) is 19.0. The number of nitrogens with one attached hydrogen (secondary N) is 1. The van der Waals surface area contributed by atoms with Gasteiger partial charge >= 0.3 is 0 Å². The highest BCUT2D eigenvalue weighted by Gasteiger charge is 2.17. The minimum absolute atomic E-state index is 0.181. The monoisotopic (exact) mass is 372 g/mol. The summed E-state index contributed by atoms with van der Waals surface area (Å²) < 4.78 is 24.8. The molecule has 1 fully saturated rings. The first-order chi connectivity index (χ1) is 13.2. The molecular weight excluding hydrogens is 347 g/mol. The van der Waals surface area contributed by atoms with Gasteiger partial charge in [-0.3, -0.25) is 4.79 Å². The molecule has 5 nitrogen and oxygen atoms in total. The van der Waals surface area contributed by atoms with E-state index in [1.807, 2.05) is 19.1 Å². The summed E-state index contributed by atoms with van der Waals surface area (Å²) in [5, 5.41) is 2.78. The van der Waals surface area contributed by atoms with Crippen molar-refractivity contribution in [1.29, 1.82) is 0 Å². The molecular formula is C21H25FN2O3. The number of rotatable bonds is 7. The van der Waals surface area contributed by atoms with Crippen molar-refractivity contribution in [1.82, 2.24) is 0 Å². The Morgan fingerprint density at radius 1 is 1.07 bits per heavy atom. The number of anilines is 2. The molecule has 1 saturated heterocycles. The van der Waals surface area contributed by atoms with E-state index in [0.717, 1.165) is 31.6 Å². The van der Waals surface area contributed by atoms with Crippen molar-refractivity contribution < 1.29 is 18.7 Å². The number of ether oxygens (including phenoxy) is 2. The summed E-state index contributed by atoms with van der Waals surface area (Å²) in [5.41, 5.74) is 1.32. The van der Waals surface area contributed by atoms with Crippen LogP contribution in [0.1, 0.15) is 26.2 Å². The average molecular weight is 372 g/mol. The fourth-order valence-electron chi connectivity index (χ4n) is 3.19. The molecule has 0 aromatic heterocycles. The number of carbonyl (C=O) groups excluding carboxylic acids is 1. The Morgan fingerprint density at radius 3 is 2.48 bits per heavy atom. The number of benzene rings is 2. The van der Waals surface area contributed by atoms with Crippen molar-refractivity contribution in [2.75, 3.05) is 36.5 Å². The number of halogens is 1. The molecule has 1 N–H and O–H groups in total. The van der Waals surface area contributed by atoms with Crippen LogP contribution in [0.3, 0.4) is 0 Å². The van der Waals surface area contributed by atoms with E-state index in [4.69, 9.17) is 9.47 Å². The normalized spacial score (nSPS) is 13.9. The van der Waals surface area contributed by atoms with Crippen LogP contribution < -0.4 is 19.7 Å². The quantitative estimate of drug-likeness (QED) is 0.790. The molecule has 144 valence electrons. The number of hydrogen-bond donors (Lipinski definition) is 1. The molecule has 1 aliphatic rings. The van der Waals surface area contributed by atoms with Gasteiger partial charge in [-0.25, -0.2) is 4.39 Å². The molecule has 0 unspecified atom stereocenters. The number of hydrogen-bond acceptors (Lipinski definition) is 4. The van der Waals surface area contributed by atoms with Crippen LogP contribution in [0.2, 0.25) is 0 Å². The minimum atomic E-state index is -0.381. The number of nitrogens with zero attached hydrogens (tertiary/aromatic N) is 1. The number of para-hydroxylation sites is 2. The summed E-state index contributed by atoms with van der Waals surface area (Å²) in [7, 11) is 0. The Hall–Kier alpha value is -2.76. The highest BCUT2D eigenvalue weighted by molar-refractivity contribution is 5.95. The Kier molecular flexibility index (Phi) is 6.52. The van der Waals surface area contributed by atoms with Gasteiger partial charge in [-0.15, -0.1) is 0 Å². The van der Waals surface area contributed by atoms with E-state index < -0.39 is 0 Å². The van der Waals surface area contributed by atoms with Gasteiger partial charge < -0.3 is 19.7 Å². The van der Waals surface area contributed by atoms with Gasteiger partial charge in [0.05, 0.1) is 18.0 Å². The topological polar surface area (TPSA) is 50.8 Å². The Balaban J connectivity index is 1.66. The van der Waals surface area contributed by atoms with Crippen molar-refractivity contribution in [2.45, 2.75) is 26.2 Å². The lowest BCUT2D eigenvalue weighted by Gasteiger charge is -2.30. The van der Waals surface area contributed by atoms with Crippen molar-refractivity contribution in [3.63, 3.8) is 0 Å². The third-order valence-corrected chi connectivity index (χ3v) is 4.44. The number of amides is 1. The van der Waals surface area contributed by atoms with Gasteiger partial charge in [0.2, 0.25) is 0 Å². The summed E-state index contributed by atoms with van der Waals surface area (Å²) in [6.07, 6.45) is 3.40. The molecule has 0 spiro atoms. The zero-order chi connectivity index (χ0) is 19.1. The van der Waals surface area contributed by atoms with E-state index in [-0.39, 0.29) is 18.3 Å². The van der Waals surface area contributed by atoms with Crippen LogP contribution in [-0.4, -0.2) is 32.2 Å². The maximum absolute atomic E-state index is 13.7. The van der Waals surface area contributed by atoms with Gasteiger partial charge in [-0.05, 0) is 56.5 Å². The van der Waals surface area contributed by atoms with Gasteiger partial charge in [0.15, 0.2) is 18.1 Å². The van der Waals surface area contributed by atoms with Crippen molar-refractivity contribution in [3.05, 3.63) is 48.3 Å². The lowest BCUT2D eigenvalue weighted by Crippen LogP contribution is -2.31. The van der Waals surface area contributed by atoms with E-state index >= 15 is 0 Å². The molecule has 0 atom stereocenters. The fraction of sp³-hybridized carbons (Fsp3) is 0.381. The lowest BCUT2D eigenvalue weighted by atomic mass is 10.1. The largest absolute Gasteiger partial charge is 0.490 e. The highest BCUT2D eigenvalue weighted by Crippen LogP contribution is 2.30. The maximum atomic E-state index is 13.7. The summed E-state index contributed by atoms with van der Waals surface area (Å²) in [5.74, 6) is 0.372. The molecule has 27 heavy (non-hydrogen) atoms. The Morgan fingerprint density at radius 2 is 1.78 bits per heavy atom. The molecule has 1 amide bonds. The predicted octanol–water partition coefficient (Wildman–Crippen LogP) is 4.23. The molecule has 3 rings (SSSR count). The first-order valence-electron chi connectivity index (χ1n) is 9.36. The zero-order valence-electron chi connectivity index (χ0n) is 15.5. The van der Waals surface area contributed by atoms with Crippen LogP contribution in [0.4, 0.5) is 15.8 Å². The van der Waals surface area contributed by atoms with Gasteiger partial charge in [0.25, 0.3) is 5.91 Å². The summed E-state index contributed by atoms with van der Waals surface area (Å²) >= 11 is 0. The maximum Gasteiger partial charge on any atom is 0.262 e. The van der Waals surface area contributed by atoms with Crippen molar-refractivity contribution in [3.8, 4) is 11.5 Å². The molecule has 2 aromatic carbocycles. The SMILES string of the molecule is CCOc1ccccc1OCC(=O)Nc1cc(F)ccc1N1CCCCC1. The van der Waals surface area contributed by atoms with E-state index in [9.17, 15) is 9.18 Å². The Labute approximate surface area is 159 Å². The van der Waals surface area contributed by atoms with Gasteiger partial charge in [0.1, 0.15) is 5.82 Å². The first-order valence-corrected chi connectivity index (χ1v) is 9.36. The molecule has 1 aliphatic heterocycles. The molecule has 0 saturated carbocycles. The summed E-state index contributed by atoms with van der Waals surface area (Å²) in [6, 6.07) is 11.7. The van der Waals surface area contributed by atoms with Crippen molar-refractivity contribution in [2.24, 2.45) is 0 Å². The third-order valence-electron chi connectivity index (χ3n) is 4.44. The van der Waals surface area contributed by atoms with Crippen LogP contribution in [0.25, 0.3) is 0 Å². The van der Waals surface area contributed by atoms with Crippen LogP contribution in [0.5, 0.6) is 11.5 Å². The minimum Gasteiger partial charge on any atom is -0.490 e. The molecule has 0 bridgehead atoms. The highest BCUT2D eigenvalue weighted by atomic mass is 19.1. The lowest BCUT2D eigenvalue weighted by molar-refractivity contribution is -0.118. The molecule has 2 aromatic rings. The van der Waals surface area contributed by atoms with Gasteiger partial charge in [-0.2, -0.15) is 0 Å². The summed E-state index contributed by atoms with van der Waals surface area (Å²) in [4.78, 5) is 14.6. The Bertz CT molecular complexity index is 776. The fourth-order valence-corrected chi connectivity index (χ4v) is 3.19. The smallest absolute Gasteiger partial charge is 0.262 e. The van der Waals surface area contributed by atoms with Crippen LogP contribution >= 0.6 is 0 Å². The molecule has 6 heteroatoms. The van der Waals surface area contributed by atoms with Crippen molar-refractivity contribution >= 4 is 17.3 Å². The van der Waals surface area contributed by atoms with Crippen LogP contribution in [-0.2, 0) is 4.79 Å². The van der Waals surface area contributed by atoms with Gasteiger partial charge in [0, 0.05) is 13.1 Å². The van der Waals surface area contributed by atoms with E-state index in [1.54, 1.807) is 18.2 Å². The third kappa shape index (κ3) is 5.12. The standard InChI is InChI=1S/C21H25FN2O3/c1-2-26-19-8-4-5-9-20(19)27-15-21(25)23-17-14-16(22)10-11-18(17)24-12-6-3-7-13-24/h4-5,8-11,14H,2-3,6-7,12-13,15H2,1H3,(H,23,25). The molecule has 1 heterocycles. The summed E-state index contributed by atoms with van der Waals surface area (Å²) in [6.45, 7) is 4.03. The van der Waals surface area contributed by atoms with E-state index in [2.05, 4.69) is 10.2 Å². The molecule has 0 aliphatic carbocycles. The second-order valence-electron chi connectivity index (χ2n) is 6.43. The molecule has 0 radical (unpaired) electrons. The zero-order valence-corrected chi connectivity index (χ0v) is 15.5. The predicted molar refractivity (Wildman–Crippen MR) is 104 cm³/mol. The van der Waals surface area contributed by atoms with E-state index in [0.29, 0.717) is 23.8 Å². The number of piperidine rings is 1. The second kappa shape index (κ2) is 9.26. The second-order valence-corrected chi connectivity index (χ2v) is 6.43. The van der Waals surface area contributed by atoms with Gasteiger partial charge in [-0.1, -0.05) is 12.1 Å². The van der Waals surface area contributed by atoms with Crippen LogP contribution in [0.15, 0.2) is 42.5 Å². The van der Waals surface area contributed by atoms with E-state index in [1.165, 1.54) is 18.6 Å². The number of carbonyl (C=O) groups is 1. The van der Waals surface area contributed by atoms with Crippen LogP contribution in [0, 0.1) is 5.82 Å².